The molecule has 132 valence electrons. The standard InChI is InChI=1S/C16H16Cl2N4O3/c17-11-7-13(18)15(22-8-11)20-5-6-21-16(24)10-1-3-12(4-2-10)25-9-14(19)23/h1-4,7-8H,5-6,9H2,(H2,19,23)(H,20,22)(H,21,24). The largest absolute Gasteiger partial charge is 0.484 e. The number of nitrogens with two attached hydrogens (primary N) is 1. The number of hydrogen-bond acceptors (Lipinski definition) is 5. The fraction of sp³-hybridized carbons (Fsp3) is 0.188. The van der Waals surface area contributed by atoms with Crippen molar-refractivity contribution in [3.05, 3.63) is 52.1 Å². The molecule has 2 amide bonds. The molecule has 0 aliphatic carbocycles. The van der Waals surface area contributed by atoms with Crippen LogP contribution in [-0.4, -0.2) is 36.5 Å². The summed E-state index contributed by atoms with van der Waals surface area (Å²) >= 11 is 11.8. The lowest BCUT2D eigenvalue weighted by molar-refractivity contribution is -0.119. The number of carbonyl (C=O) groups excluding carboxylic acids is 2. The Morgan fingerprint density at radius 1 is 1.16 bits per heavy atom. The van der Waals surface area contributed by atoms with E-state index in [4.69, 9.17) is 33.7 Å². The third-order valence-electron chi connectivity index (χ3n) is 3.01. The van der Waals surface area contributed by atoms with Gasteiger partial charge in [0.15, 0.2) is 6.61 Å². The maximum absolute atomic E-state index is 12.0. The van der Waals surface area contributed by atoms with E-state index in [1.807, 2.05) is 0 Å². The van der Waals surface area contributed by atoms with Crippen molar-refractivity contribution in [2.75, 3.05) is 25.0 Å². The van der Waals surface area contributed by atoms with Crippen LogP contribution in [0, 0.1) is 0 Å². The minimum atomic E-state index is -0.565. The second kappa shape index (κ2) is 9.10. The van der Waals surface area contributed by atoms with Crippen LogP contribution in [0.2, 0.25) is 10.0 Å². The third kappa shape index (κ3) is 6.13. The quantitative estimate of drug-likeness (QED) is 0.606. The van der Waals surface area contributed by atoms with Gasteiger partial charge in [-0.2, -0.15) is 0 Å². The van der Waals surface area contributed by atoms with Crippen molar-refractivity contribution in [3.63, 3.8) is 0 Å². The summed E-state index contributed by atoms with van der Waals surface area (Å²) in [7, 11) is 0. The van der Waals surface area contributed by atoms with Crippen LogP contribution in [-0.2, 0) is 4.79 Å². The molecule has 9 heteroatoms. The van der Waals surface area contributed by atoms with Crippen LogP contribution in [0.5, 0.6) is 5.75 Å². The number of primary amides is 1. The van der Waals surface area contributed by atoms with Crippen LogP contribution in [0.4, 0.5) is 5.82 Å². The molecule has 1 aromatic heterocycles. The topological polar surface area (TPSA) is 106 Å². The van der Waals surface area contributed by atoms with Crippen LogP contribution in [0.3, 0.4) is 0 Å². The van der Waals surface area contributed by atoms with Gasteiger partial charge in [-0.1, -0.05) is 23.2 Å². The molecule has 7 nitrogen and oxygen atoms in total. The highest BCUT2D eigenvalue weighted by Crippen LogP contribution is 2.22. The number of nitrogens with zero attached hydrogens (tertiary/aromatic N) is 1. The Morgan fingerprint density at radius 3 is 2.52 bits per heavy atom. The Balaban J connectivity index is 1.77. The van der Waals surface area contributed by atoms with Crippen molar-refractivity contribution in [2.24, 2.45) is 5.73 Å². The van der Waals surface area contributed by atoms with Gasteiger partial charge in [-0.15, -0.1) is 0 Å². The summed E-state index contributed by atoms with van der Waals surface area (Å²) in [6.07, 6.45) is 1.48. The van der Waals surface area contributed by atoms with Gasteiger partial charge < -0.3 is 21.1 Å². The number of benzene rings is 1. The van der Waals surface area contributed by atoms with Gasteiger partial charge in [0.2, 0.25) is 0 Å². The zero-order chi connectivity index (χ0) is 18.2. The average molecular weight is 383 g/mol. The Bertz CT molecular complexity index is 754. The number of pyridine rings is 1. The summed E-state index contributed by atoms with van der Waals surface area (Å²) in [6, 6.07) is 7.95. The van der Waals surface area contributed by atoms with E-state index < -0.39 is 5.91 Å². The molecule has 0 bridgehead atoms. The van der Waals surface area contributed by atoms with Crippen molar-refractivity contribution >= 4 is 40.8 Å². The first-order chi connectivity index (χ1) is 12.0. The first kappa shape index (κ1) is 18.8. The Hall–Kier alpha value is -2.51. The molecule has 0 fully saturated rings. The van der Waals surface area contributed by atoms with Crippen molar-refractivity contribution in [1.29, 1.82) is 0 Å². The van der Waals surface area contributed by atoms with Gasteiger partial charge in [-0.05, 0) is 30.3 Å². The number of hydrogen-bond donors (Lipinski definition) is 3. The second-order valence-electron chi connectivity index (χ2n) is 4.95. The summed E-state index contributed by atoms with van der Waals surface area (Å²) < 4.78 is 5.12. The van der Waals surface area contributed by atoms with Gasteiger partial charge in [0.25, 0.3) is 11.8 Å². The zero-order valence-electron chi connectivity index (χ0n) is 13.1. The van der Waals surface area contributed by atoms with Gasteiger partial charge in [-0.25, -0.2) is 4.98 Å². The van der Waals surface area contributed by atoms with E-state index in [2.05, 4.69) is 15.6 Å². The van der Waals surface area contributed by atoms with Crippen LogP contribution in [0.1, 0.15) is 10.4 Å². The number of aromatic nitrogens is 1. The van der Waals surface area contributed by atoms with Gasteiger partial charge in [0.05, 0.1) is 10.0 Å². The van der Waals surface area contributed by atoms with Crippen LogP contribution >= 0.6 is 23.2 Å². The molecule has 2 aromatic rings. The molecule has 0 aliphatic heterocycles. The minimum absolute atomic E-state index is 0.210. The summed E-state index contributed by atoms with van der Waals surface area (Å²) in [5, 5.41) is 6.62. The van der Waals surface area contributed by atoms with Crippen molar-refractivity contribution in [2.45, 2.75) is 0 Å². The molecular weight excluding hydrogens is 367 g/mol. The smallest absolute Gasteiger partial charge is 0.255 e. The highest BCUT2D eigenvalue weighted by Gasteiger charge is 2.06. The Morgan fingerprint density at radius 2 is 1.88 bits per heavy atom. The summed E-state index contributed by atoms with van der Waals surface area (Å²) in [5.74, 6) is 0.153. The van der Waals surface area contributed by atoms with Crippen LogP contribution in [0.25, 0.3) is 0 Å². The molecule has 1 heterocycles. The second-order valence-corrected chi connectivity index (χ2v) is 5.79. The van der Waals surface area contributed by atoms with E-state index in [-0.39, 0.29) is 12.5 Å². The molecule has 0 unspecified atom stereocenters. The van der Waals surface area contributed by atoms with E-state index in [1.54, 1.807) is 30.3 Å². The molecule has 0 aliphatic rings. The fourth-order valence-corrected chi connectivity index (χ4v) is 2.31. The molecule has 1 aromatic carbocycles. The summed E-state index contributed by atoms with van der Waals surface area (Å²) in [6.45, 7) is 0.609. The molecule has 0 spiro atoms. The summed E-state index contributed by atoms with van der Waals surface area (Å²) in [5.41, 5.74) is 5.46. The van der Waals surface area contributed by atoms with E-state index in [0.29, 0.717) is 40.3 Å². The number of anilines is 1. The first-order valence-electron chi connectivity index (χ1n) is 7.30. The predicted octanol–water partition coefficient (Wildman–Crippen LogP) is 2.09. The van der Waals surface area contributed by atoms with Gasteiger partial charge >= 0.3 is 0 Å². The lowest BCUT2D eigenvalue weighted by Gasteiger charge is -2.09. The predicted molar refractivity (Wildman–Crippen MR) is 96.2 cm³/mol. The van der Waals surface area contributed by atoms with Gasteiger partial charge in [-0.3, -0.25) is 9.59 Å². The summed E-state index contributed by atoms with van der Waals surface area (Å²) in [4.78, 5) is 26.7. The molecule has 4 N–H and O–H groups in total. The number of halogens is 2. The van der Waals surface area contributed by atoms with Crippen molar-refractivity contribution < 1.29 is 14.3 Å². The number of rotatable bonds is 8. The van der Waals surface area contributed by atoms with E-state index in [0.717, 1.165) is 0 Å². The van der Waals surface area contributed by atoms with E-state index >= 15 is 0 Å². The third-order valence-corrected chi connectivity index (χ3v) is 3.50. The zero-order valence-corrected chi connectivity index (χ0v) is 14.6. The molecular formula is C16H16Cl2N4O3. The molecule has 0 radical (unpaired) electrons. The Labute approximate surface area is 154 Å². The van der Waals surface area contributed by atoms with Gasteiger partial charge in [0.1, 0.15) is 11.6 Å². The molecule has 2 rings (SSSR count). The minimum Gasteiger partial charge on any atom is -0.484 e. The van der Waals surface area contributed by atoms with Crippen molar-refractivity contribution in [1.82, 2.24) is 10.3 Å². The maximum Gasteiger partial charge on any atom is 0.255 e. The highest BCUT2D eigenvalue weighted by atomic mass is 35.5. The lowest BCUT2D eigenvalue weighted by Crippen LogP contribution is -2.28. The number of amides is 2. The van der Waals surface area contributed by atoms with Crippen LogP contribution in [0.15, 0.2) is 36.5 Å². The monoisotopic (exact) mass is 382 g/mol. The lowest BCUT2D eigenvalue weighted by atomic mass is 10.2. The molecule has 0 saturated carbocycles. The first-order valence-corrected chi connectivity index (χ1v) is 8.05. The molecule has 0 atom stereocenters. The number of carbonyl (C=O) groups is 2. The van der Waals surface area contributed by atoms with Crippen molar-refractivity contribution in [3.8, 4) is 5.75 Å². The average Bonchev–Trinajstić information content (AvgIpc) is 2.58. The van der Waals surface area contributed by atoms with E-state index in [1.165, 1.54) is 6.20 Å². The number of nitrogens with one attached hydrogen (secondary N) is 2. The SMILES string of the molecule is NC(=O)COc1ccc(C(=O)NCCNc2ncc(Cl)cc2Cl)cc1. The van der Waals surface area contributed by atoms with E-state index in [9.17, 15) is 9.59 Å². The molecule has 25 heavy (non-hydrogen) atoms. The Kier molecular flexibility index (Phi) is 6.85. The van der Waals surface area contributed by atoms with Gasteiger partial charge in [0, 0.05) is 24.8 Å². The molecule has 0 saturated heterocycles. The maximum atomic E-state index is 12.0. The van der Waals surface area contributed by atoms with Crippen LogP contribution < -0.4 is 21.1 Å². The highest BCUT2D eigenvalue weighted by molar-refractivity contribution is 6.35. The number of ether oxygens (including phenoxy) is 1. The fourth-order valence-electron chi connectivity index (χ4n) is 1.86. The normalized spacial score (nSPS) is 10.2.